The van der Waals surface area contributed by atoms with E-state index in [-0.39, 0.29) is 17.3 Å². The topological polar surface area (TPSA) is 83.8 Å². The Morgan fingerprint density at radius 3 is 2.96 bits per heavy atom. The largest absolute Gasteiger partial charge is 0.507 e. The molecule has 2 aliphatic rings. The summed E-state index contributed by atoms with van der Waals surface area (Å²) in [7, 11) is 0. The second kappa shape index (κ2) is 6.31. The summed E-state index contributed by atoms with van der Waals surface area (Å²) in [4.78, 5) is 8.39. The number of phenolic OH excluding ortho intramolecular Hbond substituents is 1. The average molecular weight is 377 g/mol. The Hall–Kier alpha value is -2.93. The van der Waals surface area contributed by atoms with Crippen LogP contribution in [0.25, 0.3) is 28.1 Å². The highest BCUT2D eigenvalue weighted by Gasteiger charge is 2.45. The summed E-state index contributed by atoms with van der Waals surface area (Å²) in [6, 6.07) is 5.22. The predicted octanol–water partition coefficient (Wildman–Crippen LogP) is 3.43. The molecule has 0 amide bonds. The van der Waals surface area contributed by atoms with Gasteiger partial charge < -0.3 is 10.4 Å². The van der Waals surface area contributed by atoms with Crippen molar-refractivity contribution in [1.29, 1.82) is 0 Å². The number of halogens is 1. The second-order valence-electron chi connectivity index (χ2n) is 7.94. The van der Waals surface area contributed by atoms with E-state index in [9.17, 15) is 9.50 Å². The van der Waals surface area contributed by atoms with Gasteiger partial charge >= 0.3 is 0 Å². The number of aromatic hydroxyl groups is 1. The van der Waals surface area contributed by atoms with Crippen LogP contribution < -0.4 is 5.32 Å². The average Bonchev–Trinajstić information content (AvgIpc) is 3.04. The van der Waals surface area contributed by atoms with Crippen LogP contribution in [0.4, 0.5) is 4.39 Å². The van der Waals surface area contributed by atoms with Gasteiger partial charge in [-0.25, -0.2) is 9.37 Å². The Morgan fingerprint density at radius 1 is 1.25 bits per heavy atom. The van der Waals surface area contributed by atoms with Crippen LogP contribution in [0.2, 0.25) is 0 Å². The van der Waals surface area contributed by atoms with Crippen LogP contribution in [0.1, 0.15) is 32.0 Å². The van der Waals surface area contributed by atoms with Crippen molar-refractivity contribution in [3.05, 3.63) is 48.2 Å². The van der Waals surface area contributed by atoms with Crippen molar-refractivity contribution in [3.63, 3.8) is 0 Å². The van der Waals surface area contributed by atoms with E-state index in [1.54, 1.807) is 30.7 Å². The highest BCUT2D eigenvalue weighted by atomic mass is 19.1. The summed E-state index contributed by atoms with van der Waals surface area (Å²) in [5, 5.41) is 23.8. The Balaban J connectivity index is 1.46. The molecular formula is C21H20FN5O. The number of hydrogen-bond donors (Lipinski definition) is 2. The lowest BCUT2D eigenvalue weighted by Gasteiger charge is -2.35. The van der Waals surface area contributed by atoms with E-state index < -0.39 is 6.17 Å². The molecule has 7 heteroatoms. The van der Waals surface area contributed by atoms with Crippen molar-refractivity contribution in [3.8, 4) is 17.0 Å². The van der Waals surface area contributed by atoms with Crippen molar-refractivity contribution in [2.45, 2.75) is 43.9 Å². The number of rotatable bonds is 2. The number of nitrogens with zero attached hydrogens (tertiary/aromatic N) is 4. The van der Waals surface area contributed by atoms with Gasteiger partial charge in [0.25, 0.3) is 0 Å². The van der Waals surface area contributed by atoms with E-state index in [1.165, 1.54) is 0 Å². The molecule has 2 aliphatic heterocycles. The predicted molar refractivity (Wildman–Crippen MR) is 104 cm³/mol. The first-order valence-electron chi connectivity index (χ1n) is 9.40. The quantitative estimate of drug-likeness (QED) is 0.712. The number of benzene rings is 1. The molecule has 5 rings (SSSR count). The summed E-state index contributed by atoms with van der Waals surface area (Å²) >= 11 is 0. The summed E-state index contributed by atoms with van der Waals surface area (Å²) in [6.45, 7) is 2.13. The number of fused-ring (bicyclic) bond motifs is 3. The van der Waals surface area contributed by atoms with Gasteiger partial charge in [-0.2, -0.15) is 0 Å². The maximum absolute atomic E-state index is 14.7. The zero-order valence-electron chi connectivity index (χ0n) is 15.4. The molecule has 4 heterocycles. The van der Waals surface area contributed by atoms with Crippen molar-refractivity contribution in [1.82, 2.24) is 25.5 Å². The smallest absolute Gasteiger partial charge is 0.174 e. The Labute approximate surface area is 161 Å². The normalized spacial score (nSPS) is 28.1. The molecule has 2 N–H and O–H groups in total. The molecule has 1 aromatic carbocycles. The van der Waals surface area contributed by atoms with Crippen molar-refractivity contribution in [2.24, 2.45) is 0 Å². The van der Waals surface area contributed by atoms with Crippen LogP contribution in [0, 0.1) is 0 Å². The van der Waals surface area contributed by atoms with Crippen LogP contribution >= 0.6 is 0 Å². The molecule has 0 radical (unpaired) electrons. The van der Waals surface area contributed by atoms with Crippen LogP contribution in [0.3, 0.4) is 0 Å². The molecule has 142 valence electrons. The van der Waals surface area contributed by atoms with Crippen molar-refractivity contribution < 1.29 is 9.50 Å². The summed E-state index contributed by atoms with van der Waals surface area (Å²) in [5.74, 6) is 0.477. The molecule has 3 aromatic rings. The van der Waals surface area contributed by atoms with Gasteiger partial charge in [-0.15, -0.1) is 10.2 Å². The SMILES string of the molecule is C[C@@]12CCC(N1)[C@@H](F)/C(=C\c1ncc(-c3cc4ccncc4cc3O)nn1)C2. The van der Waals surface area contributed by atoms with Gasteiger partial charge in [0.15, 0.2) is 5.82 Å². The first kappa shape index (κ1) is 17.2. The van der Waals surface area contributed by atoms with Crippen molar-refractivity contribution >= 4 is 16.8 Å². The fraction of sp³-hybridized carbons (Fsp3) is 0.333. The number of nitrogens with one attached hydrogen (secondary N) is 1. The molecule has 0 saturated carbocycles. The first-order valence-corrected chi connectivity index (χ1v) is 9.40. The lowest BCUT2D eigenvalue weighted by atomic mass is 9.88. The fourth-order valence-electron chi connectivity index (χ4n) is 4.33. The zero-order valence-corrected chi connectivity index (χ0v) is 15.4. The fourth-order valence-corrected chi connectivity index (χ4v) is 4.33. The number of phenols is 1. The number of hydrogen-bond acceptors (Lipinski definition) is 6. The third-order valence-corrected chi connectivity index (χ3v) is 5.77. The summed E-state index contributed by atoms with van der Waals surface area (Å²) in [6.07, 6.45) is 8.12. The molecule has 2 fully saturated rings. The molecule has 2 aromatic heterocycles. The molecule has 0 aliphatic carbocycles. The number of pyridine rings is 1. The van der Waals surface area contributed by atoms with Crippen LogP contribution in [0.5, 0.6) is 5.75 Å². The second-order valence-corrected chi connectivity index (χ2v) is 7.94. The minimum atomic E-state index is -1.02. The maximum atomic E-state index is 14.7. The highest BCUT2D eigenvalue weighted by molar-refractivity contribution is 5.89. The Bertz CT molecular complexity index is 1080. The first-order chi connectivity index (χ1) is 13.5. The van der Waals surface area contributed by atoms with Gasteiger partial charge in [-0.1, -0.05) is 0 Å². The van der Waals surface area contributed by atoms with Crippen molar-refractivity contribution in [2.75, 3.05) is 0 Å². The minimum absolute atomic E-state index is 0.0435. The number of piperidine rings is 1. The van der Waals surface area contributed by atoms with Gasteiger partial charge in [0, 0.05) is 34.9 Å². The van der Waals surface area contributed by atoms with Gasteiger partial charge in [0.2, 0.25) is 0 Å². The molecule has 0 spiro atoms. The van der Waals surface area contributed by atoms with E-state index in [4.69, 9.17) is 0 Å². The molecule has 28 heavy (non-hydrogen) atoms. The third-order valence-electron chi connectivity index (χ3n) is 5.77. The van der Waals surface area contributed by atoms with Gasteiger partial charge in [-0.05, 0) is 61.4 Å². The van der Waals surface area contributed by atoms with E-state index in [2.05, 4.69) is 32.4 Å². The Kier molecular flexibility index (Phi) is 3.87. The van der Waals surface area contributed by atoms with E-state index in [1.807, 2.05) is 12.1 Å². The molecule has 3 atom stereocenters. The number of alkyl halides is 1. The van der Waals surface area contributed by atoms with Crippen LogP contribution in [0.15, 0.2) is 42.4 Å². The summed E-state index contributed by atoms with van der Waals surface area (Å²) in [5.41, 5.74) is 1.69. The van der Waals surface area contributed by atoms with Gasteiger partial charge in [0.1, 0.15) is 17.6 Å². The molecular weight excluding hydrogens is 357 g/mol. The monoisotopic (exact) mass is 377 g/mol. The number of aromatic nitrogens is 4. The Morgan fingerprint density at radius 2 is 2.14 bits per heavy atom. The molecule has 6 nitrogen and oxygen atoms in total. The minimum Gasteiger partial charge on any atom is -0.507 e. The lowest BCUT2D eigenvalue weighted by Crippen LogP contribution is -2.50. The zero-order chi connectivity index (χ0) is 19.3. The van der Waals surface area contributed by atoms with Crippen LogP contribution in [-0.4, -0.2) is 43.0 Å². The van der Waals surface area contributed by atoms with E-state index in [0.29, 0.717) is 23.5 Å². The molecule has 1 unspecified atom stereocenters. The molecule has 2 bridgehead atoms. The molecule has 2 saturated heterocycles. The standard InChI is InChI=1S/C21H20FN5O/c1-21-4-2-16(25-21)20(22)13(9-21)8-19-24-11-17(26-27-19)15-6-12-3-5-23-10-14(12)7-18(15)28/h3,5-8,10-11,16,20,25,28H,2,4,9H2,1H3/b13-8-/t16?,20-,21-/m0/s1. The highest BCUT2D eigenvalue weighted by Crippen LogP contribution is 2.40. The lowest BCUT2D eigenvalue weighted by molar-refractivity contribution is 0.234. The van der Waals surface area contributed by atoms with Gasteiger partial charge in [0.05, 0.1) is 6.20 Å². The maximum Gasteiger partial charge on any atom is 0.174 e. The summed E-state index contributed by atoms with van der Waals surface area (Å²) < 4.78 is 14.7. The van der Waals surface area contributed by atoms with Crippen LogP contribution in [-0.2, 0) is 0 Å². The van der Waals surface area contributed by atoms with E-state index in [0.717, 1.165) is 29.2 Å². The van der Waals surface area contributed by atoms with Gasteiger partial charge in [-0.3, -0.25) is 4.98 Å². The third kappa shape index (κ3) is 2.92. The van der Waals surface area contributed by atoms with E-state index >= 15 is 0 Å².